The minimum Gasteiger partial charge on any atom is -0.481 e. The van der Waals surface area contributed by atoms with Crippen LogP contribution in [-0.2, 0) is 9.53 Å². The van der Waals surface area contributed by atoms with E-state index in [0.29, 0.717) is 6.42 Å². The predicted octanol–water partition coefficient (Wildman–Crippen LogP) is 2.37. The van der Waals surface area contributed by atoms with Gasteiger partial charge in [0, 0.05) is 13.5 Å². The molecule has 0 spiro atoms. The Balaban J connectivity index is 0. The molecule has 4 heteroatoms. The lowest BCUT2D eigenvalue weighted by Crippen LogP contribution is -2.15. The monoisotopic (exact) mass is 219 g/mol. The number of unbranched alkanes of at least 4 members (excludes halogenated alkanes) is 4. The van der Waals surface area contributed by atoms with Crippen LogP contribution in [0.5, 0.6) is 0 Å². The van der Waals surface area contributed by atoms with Crippen LogP contribution in [0.15, 0.2) is 0 Å². The second-order valence-corrected chi connectivity index (χ2v) is 3.50. The molecular weight excluding hydrogens is 194 g/mol. The fourth-order valence-electron chi connectivity index (χ4n) is 0.880. The number of ether oxygens (including phenoxy) is 1. The molecule has 15 heavy (non-hydrogen) atoms. The Morgan fingerprint density at radius 2 is 1.80 bits per heavy atom. The average molecular weight is 219 g/mol. The first kappa shape index (κ1) is 16.8. The van der Waals surface area contributed by atoms with Gasteiger partial charge in [0.1, 0.15) is 6.23 Å². The largest absolute Gasteiger partial charge is 0.481 e. The summed E-state index contributed by atoms with van der Waals surface area (Å²) in [7, 11) is 1.57. The summed E-state index contributed by atoms with van der Waals surface area (Å²) in [4.78, 5) is 10.0. The third-order valence-corrected chi connectivity index (χ3v) is 1.87. The molecule has 0 aliphatic heterocycles. The molecule has 1 unspecified atom stereocenters. The molecule has 4 nitrogen and oxygen atoms in total. The van der Waals surface area contributed by atoms with Gasteiger partial charge in [-0.2, -0.15) is 0 Å². The first-order valence-electron chi connectivity index (χ1n) is 5.54. The van der Waals surface area contributed by atoms with Crippen LogP contribution in [0, 0.1) is 0 Å². The van der Waals surface area contributed by atoms with E-state index in [0.717, 1.165) is 12.8 Å². The molecule has 0 radical (unpaired) electrons. The van der Waals surface area contributed by atoms with Gasteiger partial charge in [-0.1, -0.05) is 32.6 Å². The molecule has 92 valence electrons. The first-order chi connectivity index (χ1) is 7.04. The van der Waals surface area contributed by atoms with Gasteiger partial charge in [0.25, 0.3) is 0 Å². The van der Waals surface area contributed by atoms with Crippen molar-refractivity contribution >= 4 is 5.97 Å². The van der Waals surface area contributed by atoms with Crippen molar-refractivity contribution in [2.45, 2.75) is 58.6 Å². The number of carboxylic acids is 1. The van der Waals surface area contributed by atoms with Crippen LogP contribution < -0.4 is 5.73 Å². The molecule has 0 heterocycles. The van der Waals surface area contributed by atoms with Crippen molar-refractivity contribution < 1.29 is 14.6 Å². The van der Waals surface area contributed by atoms with E-state index in [4.69, 9.17) is 10.8 Å². The van der Waals surface area contributed by atoms with Crippen LogP contribution in [0.2, 0.25) is 0 Å². The maximum absolute atomic E-state index is 10.0. The summed E-state index contributed by atoms with van der Waals surface area (Å²) in [6, 6.07) is 0. The van der Waals surface area contributed by atoms with Crippen LogP contribution in [0.1, 0.15) is 52.4 Å². The maximum atomic E-state index is 10.0. The summed E-state index contributed by atoms with van der Waals surface area (Å²) in [5.74, 6) is -0.670. The lowest BCUT2D eigenvalue weighted by atomic mass is 10.1. The zero-order valence-electron chi connectivity index (χ0n) is 10.2. The summed E-state index contributed by atoms with van der Waals surface area (Å²) >= 11 is 0. The van der Waals surface area contributed by atoms with Crippen molar-refractivity contribution in [2.75, 3.05) is 7.11 Å². The van der Waals surface area contributed by atoms with Crippen molar-refractivity contribution in [1.29, 1.82) is 0 Å². The van der Waals surface area contributed by atoms with Crippen molar-refractivity contribution in [1.82, 2.24) is 0 Å². The number of hydrogen-bond donors (Lipinski definition) is 2. The zero-order valence-corrected chi connectivity index (χ0v) is 10.2. The molecule has 0 bridgehead atoms. The lowest BCUT2D eigenvalue weighted by Gasteiger charge is -1.95. The van der Waals surface area contributed by atoms with Gasteiger partial charge in [-0.25, -0.2) is 0 Å². The minimum atomic E-state index is -0.670. The second kappa shape index (κ2) is 13.4. The van der Waals surface area contributed by atoms with Crippen LogP contribution in [-0.4, -0.2) is 24.4 Å². The lowest BCUT2D eigenvalue weighted by molar-refractivity contribution is -0.137. The number of carboxylic acid groups (broad SMARTS) is 1. The van der Waals surface area contributed by atoms with Crippen LogP contribution >= 0.6 is 0 Å². The molecule has 0 saturated heterocycles. The number of aliphatic carboxylic acids is 1. The Morgan fingerprint density at radius 1 is 1.33 bits per heavy atom. The molecule has 0 saturated carbocycles. The molecule has 0 fully saturated rings. The van der Waals surface area contributed by atoms with Gasteiger partial charge >= 0.3 is 5.97 Å². The van der Waals surface area contributed by atoms with E-state index in [1.54, 1.807) is 14.0 Å². The third-order valence-electron chi connectivity index (χ3n) is 1.87. The van der Waals surface area contributed by atoms with Crippen molar-refractivity contribution in [2.24, 2.45) is 5.73 Å². The molecular formula is C11H25NO3. The van der Waals surface area contributed by atoms with Gasteiger partial charge < -0.3 is 15.6 Å². The molecule has 0 rings (SSSR count). The normalized spacial score (nSPS) is 11.5. The molecule has 0 aromatic heterocycles. The predicted molar refractivity (Wildman–Crippen MR) is 61.7 cm³/mol. The van der Waals surface area contributed by atoms with E-state index in [-0.39, 0.29) is 6.23 Å². The second-order valence-electron chi connectivity index (χ2n) is 3.50. The standard InChI is InChI=1S/C8H16O2.C3H9NO/c1-2-3-4-5-6-7-8(9)10;1-3(4)5-2/h2-7H2,1H3,(H,9,10);3H,4H2,1-2H3. The smallest absolute Gasteiger partial charge is 0.303 e. The zero-order chi connectivity index (χ0) is 12.1. The van der Waals surface area contributed by atoms with E-state index in [9.17, 15) is 4.79 Å². The summed E-state index contributed by atoms with van der Waals surface area (Å²) in [5.41, 5.74) is 5.07. The number of carbonyl (C=O) groups is 1. The first-order valence-corrected chi connectivity index (χ1v) is 5.54. The Labute approximate surface area is 92.8 Å². The molecule has 0 aliphatic rings. The third kappa shape index (κ3) is 24.7. The van der Waals surface area contributed by atoms with Crippen molar-refractivity contribution in [3.63, 3.8) is 0 Å². The van der Waals surface area contributed by atoms with Crippen molar-refractivity contribution in [3.05, 3.63) is 0 Å². The fraction of sp³-hybridized carbons (Fsp3) is 0.909. The summed E-state index contributed by atoms with van der Waals surface area (Å²) in [5, 5.41) is 8.27. The van der Waals surface area contributed by atoms with Gasteiger partial charge in [-0.15, -0.1) is 0 Å². The Hall–Kier alpha value is -0.610. The summed E-state index contributed by atoms with van der Waals surface area (Å²) < 4.78 is 4.53. The average Bonchev–Trinajstić information content (AvgIpc) is 2.18. The fourth-order valence-corrected chi connectivity index (χ4v) is 0.880. The van der Waals surface area contributed by atoms with Crippen molar-refractivity contribution in [3.8, 4) is 0 Å². The number of hydrogen-bond acceptors (Lipinski definition) is 3. The highest BCUT2D eigenvalue weighted by molar-refractivity contribution is 5.66. The van der Waals surface area contributed by atoms with Gasteiger partial charge in [0.15, 0.2) is 0 Å². The molecule has 1 atom stereocenters. The molecule has 0 aromatic carbocycles. The number of nitrogens with two attached hydrogens (primary N) is 1. The van der Waals surface area contributed by atoms with Gasteiger partial charge in [-0.05, 0) is 13.3 Å². The SMILES string of the molecule is CCCCCCCC(=O)O.COC(C)N. The van der Waals surface area contributed by atoms with Crippen LogP contribution in [0.4, 0.5) is 0 Å². The quantitative estimate of drug-likeness (QED) is 0.509. The number of rotatable bonds is 7. The van der Waals surface area contributed by atoms with E-state index in [1.807, 2.05) is 0 Å². The number of methoxy groups -OCH3 is 1. The Kier molecular flexibility index (Phi) is 15.0. The van der Waals surface area contributed by atoms with E-state index in [2.05, 4.69) is 11.7 Å². The Bertz CT molecular complexity index is 138. The minimum absolute atomic E-state index is 0.116. The van der Waals surface area contributed by atoms with Crippen LogP contribution in [0.3, 0.4) is 0 Å². The molecule has 0 amide bonds. The van der Waals surface area contributed by atoms with E-state index >= 15 is 0 Å². The van der Waals surface area contributed by atoms with Gasteiger partial charge in [0.2, 0.25) is 0 Å². The van der Waals surface area contributed by atoms with E-state index < -0.39 is 5.97 Å². The summed E-state index contributed by atoms with van der Waals surface area (Å²) in [6.45, 7) is 3.93. The summed E-state index contributed by atoms with van der Waals surface area (Å²) in [6.07, 6.45) is 5.77. The molecule has 0 aromatic rings. The topological polar surface area (TPSA) is 72.5 Å². The Morgan fingerprint density at radius 3 is 2.13 bits per heavy atom. The highest BCUT2D eigenvalue weighted by Crippen LogP contribution is 2.04. The van der Waals surface area contributed by atoms with Gasteiger partial charge in [-0.3, -0.25) is 4.79 Å². The van der Waals surface area contributed by atoms with Crippen LogP contribution in [0.25, 0.3) is 0 Å². The van der Waals surface area contributed by atoms with Gasteiger partial charge in [0.05, 0.1) is 0 Å². The highest BCUT2D eigenvalue weighted by Gasteiger charge is 1.94. The molecule has 0 aliphatic carbocycles. The molecule has 3 N–H and O–H groups in total. The van der Waals surface area contributed by atoms with E-state index in [1.165, 1.54) is 19.3 Å². The maximum Gasteiger partial charge on any atom is 0.303 e. The highest BCUT2D eigenvalue weighted by atomic mass is 16.5.